The Bertz CT molecular complexity index is 399. The summed E-state index contributed by atoms with van der Waals surface area (Å²) in [4.78, 5) is 0. The molecule has 1 aromatic carbocycles. The van der Waals surface area contributed by atoms with Crippen LogP contribution in [0.25, 0.3) is 0 Å². The van der Waals surface area contributed by atoms with Crippen molar-refractivity contribution in [2.45, 2.75) is 19.0 Å². The van der Waals surface area contributed by atoms with Crippen LogP contribution in [-0.4, -0.2) is 18.3 Å². The van der Waals surface area contributed by atoms with Gasteiger partial charge in [0.05, 0.1) is 12.2 Å². The lowest BCUT2D eigenvalue weighted by molar-refractivity contribution is -0.137. The molecule has 2 N–H and O–H groups in total. The molecule has 0 aliphatic heterocycles. The van der Waals surface area contributed by atoms with Gasteiger partial charge in [0.1, 0.15) is 0 Å². The minimum atomic E-state index is -4.35. The Balaban J connectivity index is 2.10. The second kappa shape index (κ2) is 4.22. The third-order valence-corrected chi connectivity index (χ3v) is 3.18. The van der Waals surface area contributed by atoms with Gasteiger partial charge >= 0.3 is 6.18 Å². The molecule has 94 valence electrons. The molecule has 0 amide bonds. The molecule has 1 saturated carbocycles. The van der Waals surface area contributed by atoms with Crippen LogP contribution in [0.5, 0.6) is 0 Å². The Morgan fingerprint density at radius 1 is 1.24 bits per heavy atom. The van der Waals surface area contributed by atoms with Crippen LogP contribution in [0.15, 0.2) is 24.3 Å². The summed E-state index contributed by atoms with van der Waals surface area (Å²) in [7, 11) is 0. The number of aliphatic hydroxyl groups excluding tert-OH is 1. The Hall–Kier alpha value is -1.23. The third-order valence-electron chi connectivity index (χ3n) is 3.18. The van der Waals surface area contributed by atoms with Crippen LogP contribution in [0.2, 0.25) is 0 Å². The van der Waals surface area contributed by atoms with Crippen LogP contribution in [0, 0.1) is 5.41 Å². The molecular weight excluding hydrogens is 231 g/mol. The van der Waals surface area contributed by atoms with Crippen molar-refractivity contribution >= 4 is 5.69 Å². The van der Waals surface area contributed by atoms with E-state index in [0.717, 1.165) is 18.9 Å². The molecule has 0 heterocycles. The fraction of sp³-hybridized carbons (Fsp3) is 0.500. The molecule has 0 atom stereocenters. The van der Waals surface area contributed by atoms with Crippen molar-refractivity contribution in [1.82, 2.24) is 0 Å². The Labute approximate surface area is 97.5 Å². The monoisotopic (exact) mass is 245 g/mol. The highest BCUT2D eigenvalue weighted by Gasteiger charge is 2.42. The smallest absolute Gasteiger partial charge is 0.396 e. The van der Waals surface area contributed by atoms with E-state index in [9.17, 15) is 13.2 Å². The van der Waals surface area contributed by atoms with Crippen molar-refractivity contribution in [1.29, 1.82) is 0 Å². The zero-order valence-corrected chi connectivity index (χ0v) is 9.22. The summed E-state index contributed by atoms with van der Waals surface area (Å²) in [6, 6.07) is 5.40. The molecule has 1 aliphatic rings. The third kappa shape index (κ3) is 2.72. The van der Waals surface area contributed by atoms with E-state index >= 15 is 0 Å². The van der Waals surface area contributed by atoms with E-state index in [1.165, 1.54) is 12.1 Å². The van der Waals surface area contributed by atoms with Gasteiger partial charge in [-0.05, 0) is 25.0 Å². The lowest BCUT2D eigenvalue weighted by Crippen LogP contribution is -2.20. The van der Waals surface area contributed by atoms with Gasteiger partial charge in [0, 0.05) is 17.6 Å². The number of rotatable bonds is 4. The average molecular weight is 245 g/mol. The summed E-state index contributed by atoms with van der Waals surface area (Å²) in [5.74, 6) is 0. The molecule has 1 aromatic rings. The molecule has 0 aromatic heterocycles. The van der Waals surface area contributed by atoms with Gasteiger partial charge in [0.2, 0.25) is 0 Å². The first-order chi connectivity index (χ1) is 7.97. The Kier molecular flexibility index (Phi) is 3.03. The number of aliphatic hydroxyl groups is 1. The molecular formula is C12H14F3NO. The molecule has 2 nitrogen and oxygen atoms in total. The number of nitrogens with one attached hydrogen (secondary N) is 1. The van der Waals surface area contributed by atoms with Crippen molar-refractivity contribution in [2.75, 3.05) is 18.5 Å². The van der Waals surface area contributed by atoms with E-state index in [-0.39, 0.29) is 17.7 Å². The van der Waals surface area contributed by atoms with Crippen molar-refractivity contribution in [3.63, 3.8) is 0 Å². The quantitative estimate of drug-likeness (QED) is 0.854. The number of hydrogen-bond donors (Lipinski definition) is 2. The maximum absolute atomic E-state index is 12.7. The molecule has 0 saturated heterocycles. The van der Waals surface area contributed by atoms with E-state index < -0.39 is 11.7 Å². The van der Waals surface area contributed by atoms with E-state index in [1.807, 2.05) is 0 Å². The molecule has 0 bridgehead atoms. The normalized spacial score (nSPS) is 17.9. The Morgan fingerprint density at radius 3 is 2.41 bits per heavy atom. The highest BCUT2D eigenvalue weighted by atomic mass is 19.4. The number of hydrogen-bond acceptors (Lipinski definition) is 2. The second-order valence-corrected chi connectivity index (χ2v) is 4.56. The number of benzene rings is 1. The summed E-state index contributed by atoms with van der Waals surface area (Å²) < 4.78 is 38.0. The van der Waals surface area contributed by atoms with Crippen LogP contribution >= 0.6 is 0 Å². The zero-order chi connectivity index (χ0) is 12.5. The second-order valence-electron chi connectivity index (χ2n) is 4.56. The SMILES string of the molecule is OCC1(CNc2ccccc2C(F)(F)F)CC1. The largest absolute Gasteiger partial charge is 0.418 e. The highest BCUT2D eigenvalue weighted by molar-refractivity contribution is 5.52. The summed E-state index contributed by atoms with van der Waals surface area (Å²) in [5.41, 5.74) is -0.785. The van der Waals surface area contributed by atoms with Crippen molar-refractivity contribution in [3.8, 4) is 0 Å². The lowest BCUT2D eigenvalue weighted by atomic mass is 10.1. The lowest BCUT2D eigenvalue weighted by Gasteiger charge is -2.17. The van der Waals surface area contributed by atoms with Crippen molar-refractivity contribution in [3.05, 3.63) is 29.8 Å². The predicted molar refractivity (Wildman–Crippen MR) is 58.7 cm³/mol. The molecule has 2 rings (SSSR count). The zero-order valence-electron chi connectivity index (χ0n) is 9.22. The maximum Gasteiger partial charge on any atom is 0.418 e. The summed E-state index contributed by atoms with van der Waals surface area (Å²) in [6.45, 7) is 0.408. The first-order valence-corrected chi connectivity index (χ1v) is 5.48. The molecule has 1 aliphatic carbocycles. The van der Waals surface area contributed by atoms with Crippen molar-refractivity contribution < 1.29 is 18.3 Å². The minimum absolute atomic E-state index is 0.0220. The standard InChI is InChI=1S/C12H14F3NO/c13-12(14,15)9-3-1-2-4-10(9)16-7-11(8-17)5-6-11/h1-4,16-17H,5-8H2. The fourth-order valence-electron chi connectivity index (χ4n) is 1.73. The molecule has 0 spiro atoms. The first-order valence-electron chi connectivity index (χ1n) is 5.48. The summed E-state index contributed by atoms with van der Waals surface area (Å²) in [5, 5.41) is 11.9. The van der Waals surface area contributed by atoms with E-state index in [2.05, 4.69) is 5.32 Å². The van der Waals surface area contributed by atoms with Gasteiger partial charge in [-0.1, -0.05) is 12.1 Å². The Morgan fingerprint density at radius 2 is 1.88 bits per heavy atom. The molecule has 17 heavy (non-hydrogen) atoms. The molecule has 1 fully saturated rings. The van der Waals surface area contributed by atoms with Gasteiger partial charge in [-0.2, -0.15) is 13.2 Å². The van der Waals surface area contributed by atoms with Gasteiger partial charge in [-0.3, -0.25) is 0 Å². The van der Waals surface area contributed by atoms with Crippen LogP contribution in [-0.2, 0) is 6.18 Å². The number of halogens is 3. The van der Waals surface area contributed by atoms with E-state index in [1.54, 1.807) is 6.07 Å². The van der Waals surface area contributed by atoms with Gasteiger partial charge in [0.15, 0.2) is 0 Å². The topological polar surface area (TPSA) is 32.3 Å². The maximum atomic E-state index is 12.7. The van der Waals surface area contributed by atoms with Crippen LogP contribution < -0.4 is 5.32 Å². The fourth-order valence-corrected chi connectivity index (χ4v) is 1.73. The van der Waals surface area contributed by atoms with Crippen LogP contribution in [0.4, 0.5) is 18.9 Å². The molecule has 5 heteroatoms. The average Bonchev–Trinajstić information content (AvgIpc) is 3.06. The predicted octanol–water partition coefficient (Wildman–Crippen LogP) is 2.89. The minimum Gasteiger partial charge on any atom is -0.396 e. The van der Waals surface area contributed by atoms with Crippen molar-refractivity contribution in [2.24, 2.45) is 5.41 Å². The van der Waals surface area contributed by atoms with E-state index in [0.29, 0.717) is 6.54 Å². The van der Waals surface area contributed by atoms with Gasteiger partial charge < -0.3 is 10.4 Å². The number of anilines is 1. The molecule has 0 radical (unpaired) electrons. The van der Waals surface area contributed by atoms with E-state index in [4.69, 9.17) is 5.11 Å². The van der Waals surface area contributed by atoms with Gasteiger partial charge in [-0.15, -0.1) is 0 Å². The number of alkyl halides is 3. The van der Waals surface area contributed by atoms with Crippen LogP contribution in [0.1, 0.15) is 18.4 Å². The summed E-state index contributed by atoms with van der Waals surface area (Å²) in [6.07, 6.45) is -2.62. The summed E-state index contributed by atoms with van der Waals surface area (Å²) >= 11 is 0. The van der Waals surface area contributed by atoms with Gasteiger partial charge in [-0.25, -0.2) is 0 Å². The van der Waals surface area contributed by atoms with Crippen LogP contribution in [0.3, 0.4) is 0 Å². The first kappa shape index (κ1) is 12.2. The number of para-hydroxylation sites is 1. The highest BCUT2D eigenvalue weighted by Crippen LogP contribution is 2.45. The molecule has 0 unspecified atom stereocenters. The van der Waals surface area contributed by atoms with Gasteiger partial charge in [0.25, 0.3) is 0 Å².